The predicted octanol–water partition coefficient (Wildman–Crippen LogP) is 5.78. The summed E-state index contributed by atoms with van der Waals surface area (Å²) in [7, 11) is 0. The lowest BCUT2D eigenvalue weighted by Crippen LogP contribution is -2.26. The summed E-state index contributed by atoms with van der Waals surface area (Å²) in [5.74, 6) is 1.02. The summed E-state index contributed by atoms with van der Waals surface area (Å²) in [5.41, 5.74) is 0.0208. The van der Waals surface area contributed by atoms with E-state index in [2.05, 4.69) is 34.6 Å². The minimum absolute atomic E-state index is 0.0208. The molecule has 0 N–H and O–H groups in total. The molecule has 0 heterocycles. The molecular weight excluding hydrogens is 328 g/mol. The summed E-state index contributed by atoms with van der Waals surface area (Å²) in [6.07, 6.45) is 5.83. The number of ether oxygens (including phenoxy) is 2. The van der Waals surface area contributed by atoms with Gasteiger partial charge in [-0.05, 0) is 30.6 Å². The third kappa shape index (κ3) is 14.1. The Kier molecular flexibility index (Phi) is 12.6. The van der Waals surface area contributed by atoms with E-state index < -0.39 is 0 Å². The van der Waals surface area contributed by atoms with Crippen LogP contribution in [0.3, 0.4) is 0 Å². The van der Waals surface area contributed by atoms with Crippen molar-refractivity contribution in [2.45, 2.75) is 93.4 Å². The minimum Gasteiger partial charge on any atom is -0.465 e. The first kappa shape index (κ1) is 24.9. The van der Waals surface area contributed by atoms with Gasteiger partial charge in [0.2, 0.25) is 0 Å². The number of esters is 2. The number of hydrogen-bond donors (Lipinski definition) is 0. The van der Waals surface area contributed by atoms with Crippen LogP contribution in [0.25, 0.3) is 0 Å². The molecule has 0 aliphatic heterocycles. The fraction of sp³-hybridized carbons (Fsp3) is 0.909. The fourth-order valence-electron chi connectivity index (χ4n) is 2.71. The molecule has 0 bridgehead atoms. The maximum atomic E-state index is 12.0. The molecule has 4 heteroatoms. The number of carbonyl (C=O) groups is 2. The van der Waals surface area contributed by atoms with Crippen molar-refractivity contribution in [1.29, 1.82) is 0 Å². The van der Waals surface area contributed by atoms with E-state index in [-0.39, 0.29) is 30.2 Å². The van der Waals surface area contributed by atoms with Gasteiger partial charge in [0.15, 0.2) is 0 Å². The fourth-order valence-corrected chi connectivity index (χ4v) is 2.71. The van der Waals surface area contributed by atoms with Crippen molar-refractivity contribution in [3.05, 3.63) is 0 Å². The molecule has 0 amide bonds. The first-order valence-corrected chi connectivity index (χ1v) is 10.4. The molecule has 0 aromatic heterocycles. The van der Waals surface area contributed by atoms with Gasteiger partial charge in [-0.3, -0.25) is 9.59 Å². The third-order valence-corrected chi connectivity index (χ3v) is 4.58. The Hall–Kier alpha value is -1.06. The van der Waals surface area contributed by atoms with E-state index in [0.29, 0.717) is 31.0 Å². The number of carbonyl (C=O) groups excluding carboxylic acids is 2. The maximum Gasteiger partial charge on any atom is 0.306 e. The van der Waals surface area contributed by atoms with Gasteiger partial charge in [0.25, 0.3) is 0 Å². The van der Waals surface area contributed by atoms with Crippen molar-refractivity contribution in [3.63, 3.8) is 0 Å². The lowest BCUT2D eigenvalue weighted by Gasteiger charge is -2.30. The lowest BCUT2D eigenvalue weighted by molar-refractivity contribution is -0.153. The van der Waals surface area contributed by atoms with Gasteiger partial charge in [0, 0.05) is 5.41 Å². The van der Waals surface area contributed by atoms with Crippen LogP contribution in [0.15, 0.2) is 0 Å². The van der Waals surface area contributed by atoms with Crippen LogP contribution in [0.1, 0.15) is 93.4 Å². The van der Waals surface area contributed by atoms with Crippen LogP contribution in [-0.4, -0.2) is 25.2 Å². The van der Waals surface area contributed by atoms with E-state index >= 15 is 0 Å². The molecule has 0 aromatic rings. The summed E-state index contributed by atoms with van der Waals surface area (Å²) in [5, 5.41) is 0. The van der Waals surface area contributed by atoms with Gasteiger partial charge < -0.3 is 9.47 Å². The normalized spacial score (nSPS) is 13.9. The molecule has 4 nitrogen and oxygen atoms in total. The predicted molar refractivity (Wildman–Crippen MR) is 107 cm³/mol. The van der Waals surface area contributed by atoms with Gasteiger partial charge in [-0.2, -0.15) is 0 Å². The van der Waals surface area contributed by atoms with Crippen molar-refractivity contribution >= 4 is 11.9 Å². The average molecular weight is 371 g/mol. The van der Waals surface area contributed by atoms with Crippen molar-refractivity contribution in [3.8, 4) is 0 Å². The number of hydrogen-bond acceptors (Lipinski definition) is 4. The topological polar surface area (TPSA) is 52.6 Å². The Morgan fingerprint density at radius 1 is 0.769 bits per heavy atom. The highest BCUT2D eigenvalue weighted by Crippen LogP contribution is 2.32. The van der Waals surface area contributed by atoms with Crippen molar-refractivity contribution in [2.24, 2.45) is 23.2 Å². The van der Waals surface area contributed by atoms with Crippen LogP contribution in [0, 0.1) is 23.2 Å². The minimum atomic E-state index is -0.324. The van der Waals surface area contributed by atoms with Crippen LogP contribution >= 0.6 is 0 Å². The summed E-state index contributed by atoms with van der Waals surface area (Å²) >= 11 is 0. The molecule has 0 saturated heterocycles. The van der Waals surface area contributed by atoms with E-state index in [1.807, 2.05) is 13.8 Å². The summed E-state index contributed by atoms with van der Waals surface area (Å²) in [4.78, 5) is 23.6. The molecule has 1 atom stereocenters. The molecule has 0 radical (unpaired) electrons. The maximum absolute atomic E-state index is 12.0. The quantitative estimate of drug-likeness (QED) is 0.364. The largest absolute Gasteiger partial charge is 0.465 e. The molecule has 154 valence electrons. The van der Waals surface area contributed by atoms with Gasteiger partial charge in [0.1, 0.15) is 0 Å². The summed E-state index contributed by atoms with van der Waals surface area (Å²) < 4.78 is 10.6. The third-order valence-electron chi connectivity index (χ3n) is 4.58. The van der Waals surface area contributed by atoms with Crippen LogP contribution in [0.2, 0.25) is 0 Å². The van der Waals surface area contributed by atoms with E-state index in [0.717, 1.165) is 25.7 Å². The Bertz CT molecular complexity index is 401. The highest BCUT2D eigenvalue weighted by Gasteiger charge is 2.26. The highest BCUT2D eigenvalue weighted by molar-refractivity contribution is 5.77. The van der Waals surface area contributed by atoms with E-state index in [9.17, 15) is 9.59 Å². The highest BCUT2D eigenvalue weighted by atomic mass is 16.5. The molecule has 0 fully saturated rings. The van der Waals surface area contributed by atoms with Crippen LogP contribution in [-0.2, 0) is 19.1 Å². The van der Waals surface area contributed by atoms with E-state index in [1.165, 1.54) is 6.42 Å². The Morgan fingerprint density at radius 2 is 1.31 bits per heavy atom. The molecule has 0 aromatic carbocycles. The summed E-state index contributed by atoms with van der Waals surface area (Å²) in [6.45, 7) is 16.0. The molecule has 0 aliphatic rings. The van der Waals surface area contributed by atoms with Crippen molar-refractivity contribution < 1.29 is 19.1 Å². The molecule has 0 saturated carbocycles. The van der Waals surface area contributed by atoms with Crippen LogP contribution in [0.5, 0.6) is 0 Å². The van der Waals surface area contributed by atoms with E-state index in [1.54, 1.807) is 0 Å². The monoisotopic (exact) mass is 370 g/mol. The molecular formula is C22H42O4. The first-order chi connectivity index (χ1) is 12.0. The van der Waals surface area contributed by atoms with Crippen molar-refractivity contribution in [2.75, 3.05) is 13.2 Å². The zero-order valence-corrected chi connectivity index (χ0v) is 18.2. The second kappa shape index (κ2) is 13.2. The molecule has 0 rings (SSSR count). The van der Waals surface area contributed by atoms with Gasteiger partial charge in [-0.1, -0.05) is 67.7 Å². The second-order valence-electron chi connectivity index (χ2n) is 9.27. The average Bonchev–Trinajstić information content (AvgIpc) is 2.54. The number of rotatable bonds is 14. The van der Waals surface area contributed by atoms with Crippen LogP contribution < -0.4 is 0 Å². The molecule has 1 unspecified atom stereocenters. The molecule has 0 aliphatic carbocycles. The lowest BCUT2D eigenvalue weighted by atomic mass is 9.79. The van der Waals surface area contributed by atoms with Gasteiger partial charge in [0.05, 0.1) is 26.1 Å². The SMILES string of the molecule is CC(C)CCCC(C)(CCC(C)C)COC(=O)CCC(=O)OCC(C)C. The Labute approximate surface area is 161 Å². The molecule has 0 spiro atoms. The zero-order valence-electron chi connectivity index (χ0n) is 18.2. The first-order valence-electron chi connectivity index (χ1n) is 10.4. The van der Waals surface area contributed by atoms with Crippen LogP contribution in [0.4, 0.5) is 0 Å². The Morgan fingerprint density at radius 3 is 1.81 bits per heavy atom. The standard InChI is InChI=1S/C22H42O4/c1-17(2)9-8-13-22(7,14-12-18(3)4)16-26-21(24)11-10-20(23)25-15-19(5)6/h17-19H,8-16H2,1-7H3. The van der Waals surface area contributed by atoms with E-state index in [4.69, 9.17) is 9.47 Å². The van der Waals surface area contributed by atoms with Crippen molar-refractivity contribution in [1.82, 2.24) is 0 Å². The van der Waals surface area contributed by atoms with Gasteiger partial charge >= 0.3 is 11.9 Å². The molecule has 26 heavy (non-hydrogen) atoms. The summed E-state index contributed by atoms with van der Waals surface area (Å²) in [6, 6.07) is 0. The van der Waals surface area contributed by atoms with Gasteiger partial charge in [-0.25, -0.2) is 0 Å². The second-order valence-corrected chi connectivity index (χ2v) is 9.27. The zero-order chi connectivity index (χ0) is 20.2. The smallest absolute Gasteiger partial charge is 0.306 e. The van der Waals surface area contributed by atoms with Gasteiger partial charge in [-0.15, -0.1) is 0 Å². The Balaban J connectivity index is 4.34.